The fourth-order valence-electron chi connectivity index (χ4n) is 2.48. The lowest BCUT2D eigenvalue weighted by Crippen LogP contribution is -2.39. The van der Waals surface area contributed by atoms with Crippen molar-refractivity contribution in [3.63, 3.8) is 0 Å². The lowest BCUT2D eigenvalue weighted by atomic mass is 10.0. The Morgan fingerprint density at radius 3 is 2.71 bits per heavy atom. The predicted octanol–water partition coefficient (Wildman–Crippen LogP) is 2.02. The Morgan fingerprint density at radius 1 is 1.43 bits per heavy atom. The average Bonchev–Trinajstić information content (AvgIpc) is 2.46. The highest BCUT2D eigenvalue weighted by Gasteiger charge is 2.32. The SMILES string of the molecule is COc1ccc([N+](=O)[O-])cc1S(=O)(=O)N1CCCC(C)C1. The Bertz CT molecular complexity index is 644. The van der Waals surface area contributed by atoms with E-state index in [2.05, 4.69) is 0 Å². The summed E-state index contributed by atoms with van der Waals surface area (Å²) in [6.07, 6.45) is 1.77. The second kappa shape index (κ2) is 5.98. The van der Waals surface area contributed by atoms with Gasteiger partial charge in [-0.2, -0.15) is 4.31 Å². The monoisotopic (exact) mass is 314 g/mol. The first-order chi connectivity index (χ1) is 9.86. The summed E-state index contributed by atoms with van der Waals surface area (Å²) < 4.78 is 31.9. The summed E-state index contributed by atoms with van der Waals surface area (Å²) in [6.45, 7) is 2.85. The minimum Gasteiger partial charge on any atom is -0.495 e. The third-order valence-corrected chi connectivity index (χ3v) is 5.48. The Morgan fingerprint density at radius 2 is 2.14 bits per heavy atom. The quantitative estimate of drug-likeness (QED) is 0.626. The average molecular weight is 314 g/mol. The summed E-state index contributed by atoms with van der Waals surface area (Å²) >= 11 is 0. The van der Waals surface area contributed by atoms with Gasteiger partial charge < -0.3 is 4.74 Å². The van der Waals surface area contributed by atoms with Crippen LogP contribution in [0.1, 0.15) is 19.8 Å². The van der Waals surface area contributed by atoms with Gasteiger partial charge in [-0.15, -0.1) is 0 Å². The van der Waals surface area contributed by atoms with Crippen LogP contribution in [0.4, 0.5) is 5.69 Å². The smallest absolute Gasteiger partial charge is 0.271 e. The molecule has 1 atom stereocenters. The van der Waals surface area contributed by atoms with Gasteiger partial charge in [0.05, 0.1) is 12.0 Å². The molecule has 0 N–H and O–H groups in total. The number of benzene rings is 1. The van der Waals surface area contributed by atoms with Crippen LogP contribution in [0.25, 0.3) is 0 Å². The number of non-ortho nitro benzene ring substituents is 1. The fraction of sp³-hybridized carbons (Fsp3) is 0.538. The number of methoxy groups -OCH3 is 1. The molecule has 0 bridgehead atoms. The molecule has 1 aromatic rings. The van der Waals surface area contributed by atoms with Crippen molar-refractivity contribution >= 4 is 15.7 Å². The van der Waals surface area contributed by atoms with Crippen molar-refractivity contribution < 1.29 is 18.1 Å². The minimum atomic E-state index is -3.79. The third kappa shape index (κ3) is 3.16. The van der Waals surface area contributed by atoms with E-state index in [-0.39, 0.29) is 22.3 Å². The lowest BCUT2D eigenvalue weighted by Gasteiger charge is -2.30. The first-order valence-corrected chi connectivity index (χ1v) is 8.13. The maximum absolute atomic E-state index is 12.7. The molecule has 8 heteroatoms. The molecule has 0 radical (unpaired) electrons. The molecule has 0 amide bonds. The standard InChI is InChI=1S/C13H18N2O5S/c1-10-4-3-7-14(9-10)21(18,19)13-8-11(15(16)17)5-6-12(13)20-2/h5-6,8,10H,3-4,7,9H2,1-2H3. The van der Waals surface area contributed by atoms with E-state index in [1.165, 1.54) is 23.5 Å². The Labute approximate surface area is 123 Å². The normalized spacial score (nSPS) is 20.2. The van der Waals surface area contributed by atoms with Crippen molar-refractivity contribution in [3.8, 4) is 5.75 Å². The van der Waals surface area contributed by atoms with E-state index >= 15 is 0 Å². The highest BCUT2D eigenvalue weighted by molar-refractivity contribution is 7.89. The molecule has 1 heterocycles. The van der Waals surface area contributed by atoms with Crippen LogP contribution in [0.2, 0.25) is 0 Å². The van der Waals surface area contributed by atoms with Gasteiger partial charge in [-0.1, -0.05) is 6.92 Å². The fourth-order valence-corrected chi connectivity index (χ4v) is 4.26. The first kappa shape index (κ1) is 15.7. The van der Waals surface area contributed by atoms with E-state index in [1.54, 1.807) is 0 Å². The highest BCUT2D eigenvalue weighted by Crippen LogP contribution is 2.32. The van der Waals surface area contributed by atoms with Gasteiger partial charge in [0.25, 0.3) is 5.69 Å². The molecule has 0 aliphatic carbocycles. The van der Waals surface area contributed by atoms with Gasteiger partial charge in [0, 0.05) is 25.2 Å². The van der Waals surface area contributed by atoms with Gasteiger partial charge in [-0.25, -0.2) is 8.42 Å². The van der Waals surface area contributed by atoms with Gasteiger partial charge in [0.15, 0.2) is 0 Å². The molecular formula is C13H18N2O5S. The summed E-state index contributed by atoms with van der Waals surface area (Å²) in [5.74, 6) is 0.400. The van der Waals surface area contributed by atoms with Gasteiger partial charge >= 0.3 is 0 Å². The number of sulfonamides is 1. The van der Waals surface area contributed by atoms with Crippen LogP contribution in [-0.4, -0.2) is 37.8 Å². The van der Waals surface area contributed by atoms with Crippen molar-refractivity contribution in [3.05, 3.63) is 28.3 Å². The molecule has 2 rings (SSSR count). The van der Waals surface area contributed by atoms with E-state index in [0.717, 1.165) is 18.9 Å². The van der Waals surface area contributed by atoms with E-state index in [4.69, 9.17) is 4.74 Å². The maximum Gasteiger partial charge on any atom is 0.271 e. The second-order valence-electron chi connectivity index (χ2n) is 5.20. The molecule has 21 heavy (non-hydrogen) atoms. The van der Waals surface area contributed by atoms with E-state index in [1.807, 2.05) is 6.92 Å². The predicted molar refractivity (Wildman–Crippen MR) is 76.8 cm³/mol. The number of hydrogen-bond donors (Lipinski definition) is 0. The van der Waals surface area contributed by atoms with Crippen molar-refractivity contribution in [1.82, 2.24) is 4.31 Å². The molecule has 7 nitrogen and oxygen atoms in total. The summed E-state index contributed by atoms with van der Waals surface area (Å²) in [4.78, 5) is 10.1. The molecule has 0 saturated carbocycles. The molecule has 1 aliphatic rings. The zero-order valence-corrected chi connectivity index (χ0v) is 12.8. The highest BCUT2D eigenvalue weighted by atomic mass is 32.2. The Balaban J connectivity index is 2.47. The van der Waals surface area contributed by atoms with E-state index in [0.29, 0.717) is 13.1 Å². The number of ether oxygens (including phenoxy) is 1. The Hall–Kier alpha value is -1.67. The number of hydrogen-bond acceptors (Lipinski definition) is 5. The number of nitro groups is 1. The van der Waals surface area contributed by atoms with Gasteiger partial charge in [-0.3, -0.25) is 10.1 Å². The van der Waals surface area contributed by atoms with Gasteiger partial charge in [-0.05, 0) is 24.8 Å². The summed E-state index contributed by atoms with van der Waals surface area (Å²) in [7, 11) is -2.44. The molecule has 1 fully saturated rings. The molecule has 0 spiro atoms. The van der Waals surface area contributed by atoms with Crippen LogP contribution < -0.4 is 4.74 Å². The first-order valence-electron chi connectivity index (χ1n) is 6.69. The largest absolute Gasteiger partial charge is 0.495 e. The number of nitrogens with zero attached hydrogens (tertiary/aromatic N) is 2. The van der Waals surface area contributed by atoms with Crippen molar-refractivity contribution in [2.24, 2.45) is 5.92 Å². The van der Waals surface area contributed by atoms with Crippen LogP contribution in [0, 0.1) is 16.0 Å². The molecule has 1 unspecified atom stereocenters. The number of nitro benzene ring substituents is 1. The van der Waals surface area contributed by atoms with Crippen LogP contribution in [0.5, 0.6) is 5.75 Å². The second-order valence-corrected chi connectivity index (χ2v) is 7.11. The third-order valence-electron chi connectivity index (χ3n) is 3.60. The molecule has 1 aromatic carbocycles. The van der Waals surface area contributed by atoms with Gasteiger partial charge in [0.2, 0.25) is 10.0 Å². The molecule has 0 aromatic heterocycles. The summed E-state index contributed by atoms with van der Waals surface area (Å²) in [6, 6.07) is 3.61. The molecule has 116 valence electrons. The number of piperidine rings is 1. The maximum atomic E-state index is 12.7. The van der Waals surface area contributed by atoms with Crippen molar-refractivity contribution in [1.29, 1.82) is 0 Å². The van der Waals surface area contributed by atoms with Gasteiger partial charge in [0.1, 0.15) is 10.6 Å². The molecule has 1 saturated heterocycles. The molecule has 1 aliphatic heterocycles. The van der Waals surface area contributed by atoms with Crippen LogP contribution in [0.15, 0.2) is 23.1 Å². The van der Waals surface area contributed by atoms with E-state index < -0.39 is 14.9 Å². The topological polar surface area (TPSA) is 89.7 Å². The van der Waals surface area contributed by atoms with Crippen LogP contribution in [-0.2, 0) is 10.0 Å². The van der Waals surface area contributed by atoms with Crippen LogP contribution in [0.3, 0.4) is 0 Å². The zero-order chi connectivity index (χ0) is 15.6. The van der Waals surface area contributed by atoms with E-state index in [9.17, 15) is 18.5 Å². The minimum absolute atomic E-state index is 0.124. The van der Waals surface area contributed by atoms with Crippen molar-refractivity contribution in [2.75, 3.05) is 20.2 Å². The van der Waals surface area contributed by atoms with Crippen LogP contribution >= 0.6 is 0 Å². The summed E-state index contributed by atoms with van der Waals surface area (Å²) in [5.41, 5.74) is -0.264. The Kier molecular flexibility index (Phi) is 4.48. The lowest BCUT2D eigenvalue weighted by molar-refractivity contribution is -0.385. The number of rotatable bonds is 4. The summed E-state index contributed by atoms with van der Waals surface area (Å²) in [5, 5.41) is 10.9. The molecular weight excluding hydrogens is 296 g/mol. The van der Waals surface area contributed by atoms with Crippen molar-refractivity contribution in [2.45, 2.75) is 24.7 Å². The zero-order valence-electron chi connectivity index (χ0n) is 12.0.